The Hall–Kier alpha value is -2.12. The topological polar surface area (TPSA) is 53.5 Å². The van der Waals surface area contributed by atoms with Crippen molar-refractivity contribution in [3.05, 3.63) is 29.6 Å². The number of nitrogens with zero attached hydrogens (tertiary/aromatic N) is 3. The number of amides is 2. The van der Waals surface area contributed by atoms with Crippen LogP contribution in [0.1, 0.15) is 48.7 Å². The summed E-state index contributed by atoms with van der Waals surface area (Å²) in [5.74, 6) is 0.972. The summed E-state index contributed by atoms with van der Waals surface area (Å²) < 4.78 is 37.8. The van der Waals surface area contributed by atoms with Crippen molar-refractivity contribution in [1.29, 1.82) is 0 Å². The minimum absolute atomic E-state index is 0.124. The molecule has 3 rings (SSSR count). The smallest absolute Gasteiger partial charge is 0.343 e. The maximum Gasteiger partial charge on any atom is 0.433 e. The van der Waals surface area contributed by atoms with E-state index in [0.717, 1.165) is 51.0 Å². The van der Waals surface area contributed by atoms with E-state index >= 15 is 0 Å². The Morgan fingerprint density at radius 2 is 1.48 bits per heavy atom. The van der Waals surface area contributed by atoms with Gasteiger partial charge in [0, 0.05) is 39.3 Å². The molecule has 0 N–H and O–H groups in total. The van der Waals surface area contributed by atoms with Crippen LogP contribution >= 0.6 is 0 Å². The number of pyridine rings is 1. The van der Waals surface area contributed by atoms with Crippen LogP contribution in [0, 0.1) is 11.8 Å². The predicted octanol–water partition coefficient (Wildman–Crippen LogP) is 3.21. The zero-order chi connectivity index (χ0) is 19.6. The van der Waals surface area contributed by atoms with Crippen molar-refractivity contribution in [3.63, 3.8) is 0 Å². The number of piperidine rings is 2. The highest BCUT2D eigenvalue weighted by molar-refractivity contribution is 5.94. The normalized spacial score (nSPS) is 20.0. The van der Waals surface area contributed by atoms with Crippen molar-refractivity contribution in [2.75, 3.05) is 26.2 Å². The van der Waals surface area contributed by atoms with Crippen LogP contribution in [0.2, 0.25) is 0 Å². The number of hydrogen-bond donors (Lipinski definition) is 0. The van der Waals surface area contributed by atoms with E-state index in [1.165, 1.54) is 6.07 Å². The molecule has 8 heteroatoms. The molecule has 2 aliphatic rings. The first-order chi connectivity index (χ1) is 12.8. The van der Waals surface area contributed by atoms with Gasteiger partial charge in [0.2, 0.25) is 5.91 Å². The highest BCUT2D eigenvalue weighted by Gasteiger charge is 2.34. The van der Waals surface area contributed by atoms with Gasteiger partial charge in [-0.15, -0.1) is 0 Å². The summed E-state index contributed by atoms with van der Waals surface area (Å²) in [5, 5.41) is 0. The van der Waals surface area contributed by atoms with E-state index in [-0.39, 0.29) is 17.4 Å². The van der Waals surface area contributed by atoms with E-state index in [1.54, 1.807) is 11.8 Å². The van der Waals surface area contributed by atoms with Crippen molar-refractivity contribution < 1.29 is 22.8 Å². The Morgan fingerprint density at radius 1 is 0.963 bits per heavy atom. The quantitative estimate of drug-likeness (QED) is 0.788. The van der Waals surface area contributed by atoms with Gasteiger partial charge in [-0.1, -0.05) is 0 Å². The molecule has 0 unspecified atom stereocenters. The van der Waals surface area contributed by atoms with E-state index in [0.29, 0.717) is 24.9 Å². The van der Waals surface area contributed by atoms with Gasteiger partial charge >= 0.3 is 6.18 Å². The number of hydrogen-bond acceptors (Lipinski definition) is 3. The van der Waals surface area contributed by atoms with Gasteiger partial charge in [-0.2, -0.15) is 13.2 Å². The summed E-state index contributed by atoms with van der Waals surface area (Å²) >= 11 is 0. The Balaban J connectivity index is 1.52. The molecule has 5 nitrogen and oxygen atoms in total. The van der Waals surface area contributed by atoms with Crippen molar-refractivity contribution in [3.8, 4) is 0 Å². The summed E-state index contributed by atoms with van der Waals surface area (Å²) in [7, 11) is 0. The number of aromatic nitrogens is 1. The van der Waals surface area contributed by atoms with Crippen molar-refractivity contribution in [1.82, 2.24) is 14.8 Å². The van der Waals surface area contributed by atoms with Gasteiger partial charge in [-0.25, -0.2) is 0 Å². The second-order valence-electron chi connectivity index (χ2n) is 7.40. The Kier molecular flexibility index (Phi) is 5.72. The van der Waals surface area contributed by atoms with Gasteiger partial charge in [0.25, 0.3) is 5.91 Å². The van der Waals surface area contributed by atoms with E-state index in [4.69, 9.17) is 0 Å². The molecule has 2 fully saturated rings. The highest BCUT2D eigenvalue weighted by atomic mass is 19.4. The highest BCUT2D eigenvalue weighted by Crippen LogP contribution is 2.33. The molecule has 0 bridgehead atoms. The van der Waals surface area contributed by atoms with Crippen LogP contribution in [-0.4, -0.2) is 52.8 Å². The molecule has 0 radical (unpaired) electrons. The molecule has 2 saturated heterocycles. The van der Waals surface area contributed by atoms with Crippen LogP contribution < -0.4 is 0 Å². The van der Waals surface area contributed by atoms with Gasteiger partial charge in [0.05, 0.1) is 5.56 Å². The van der Waals surface area contributed by atoms with Crippen LogP contribution in [0.4, 0.5) is 13.2 Å². The Labute approximate surface area is 156 Å². The van der Waals surface area contributed by atoms with Crippen LogP contribution in [0.25, 0.3) is 0 Å². The van der Waals surface area contributed by atoms with E-state index < -0.39 is 11.9 Å². The van der Waals surface area contributed by atoms with Gasteiger partial charge in [0.1, 0.15) is 5.69 Å². The van der Waals surface area contributed by atoms with E-state index in [1.807, 2.05) is 4.90 Å². The maximum absolute atomic E-state index is 12.6. The van der Waals surface area contributed by atoms with E-state index in [9.17, 15) is 22.8 Å². The number of likely N-dealkylation sites (tertiary alicyclic amines) is 2. The average Bonchev–Trinajstić information content (AvgIpc) is 2.67. The summed E-state index contributed by atoms with van der Waals surface area (Å²) in [5.41, 5.74) is -0.800. The van der Waals surface area contributed by atoms with Gasteiger partial charge in [-0.05, 0) is 49.7 Å². The Morgan fingerprint density at radius 3 is 1.89 bits per heavy atom. The molecule has 0 atom stereocenters. The fourth-order valence-corrected chi connectivity index (χ4v) is 4.13. The van der Waals surface area contributed by atoms with Crippen molar-refractivity contribution in [2.24, 2.45) is 11.8 Å². The molecule has 1 aromatic rings. The summed E-state index contributed by atoms with van der Waals surface area (Å²) in [6.45, 7) is 4.42. The lowest BCUT2D eigenvalue weighted by molar-refractivity contribution is -0.141. The molecule has 0 aromatic carbocycles. The molecular formula is C19H24F3N3O2. The van der Waals surface area contributed by atoms with Crippen LogP contribution in [-0.2, 0) is 11.0 Å². The standard InChI is InChI=1S/C19H24F3N3O2/c1-13(26)24-8-4-14(5-9-24)15-6-10-25(11-7-15)18(27)16-2-3-17(23-12-16)19(20,21)22/h2-3,12,14-15H,4-11H2,1H3. The number of halogens is 3. The van der Waals surface area contributed by atoms with Crippen molar-refractivity contribution in [2.45, 2.75) is 38.8 Å². The third-order valence-corrected chi connectivity index (χ3v) is 5.78. The molecule has 0 spiro atoms. The first-order valence-electron chi connectivity index (χ1n) is 9.33. The second kappa shape index (κ2) is 7.86. The first kappa shape index (κ1) is 19.6. The number of carbonyl (C=O) groups is 2. The minimum atomic E-state index is -4.50. The number of alkyl halides is 3. The van der Waals surface area contributed by atoms with Crippen molar-refractivity contribution >= 4 is 11.8 Å². The molecule has 27 heavy (non-hydrogen) atoms. The Bertz CT molecular complexity index is 674. The maximum atomic E-state index is 12.6. The third kappa shape index (κ3) is 4.59. The molecule has 1 aromatic heterocycles. The lowest BCUT2D eigenvalue weighted by Crippen LogP contribution is -2.43. The van der Waals surface area contributed by atoms with Gasteiger partial charge in [0.15, 0.2) is 0 Å². The summed E-state index contributed by atoms with van der Waals surface area (Å²) in [6, 6.07) is 2.05. The second-order valence-corrected chi connectivity index (χ2v) is 7.40. The fraction of sp³-hybridized carbons (Fsp3) is 0.632. The molecule has 148 valence electrons. The van der Waals surface area contributed by atoms with Crippen LogP contribution in [0.15, 0.2) is 18.3 Å². The van der Waals surface area contributed by atoms with E-state index in [2.05, 4.69) is 4.98 Å². The molecule has 2 amide bonds. The molecule has 0 saturated carbocycles. The SMILES string of the molecule is CC(=O)N1CCC(C2CCN(C(=O)c3ccc(C(F)(F)F)nc3)CC2)CC1. The monoisotopic (exact) mass is 383 g/mol. The van der Waals surface area contributed by atoms with Crippen LogP contribution in [0.3, 0.4) is 0 Å². The molecule has 0 aliphatic carbocycles. The molecule has 2 aliphatic heterocycles. The summed E-state index contributed by atoms with van der Waals surface area (Å²) in [4.78, 5) is 30.9. The lowest BCUT2D eigenvalue weighted by atomic mass is 9.78. The number of carbonyl (C=O) groups excluding carboxylic acids is 2. The third-order valence-electron chi connectivity index (χ3n) is 5.78. The van der Waals surface area contributed by atoms with Crippen LogP contribution in [0.5, 0.6) is 0 Å². The first-order valence-corrected chi connectivity index (χ1v) is 9.33. The lowest BCUT2D eigenvalue weighted by Gasteiger charge is -2.40. The zero-order valence-corrected chi connectivity index (χ0v) is 15.3. The van der Waals surface area contributed by atoms with Gasteiger partial charge in [-0.3, -0.25) is 14.6 Å². The minimum Gasteiger partial charge on any atom is -0.343 e. The zero-order valence-electron chi connectivity index (χ0n) is 15.3. The molecule has 3 heterocycles. The molecular weight excluding hydrogens is 359 g/mol. The van der Waals surface area contributed by atoms with Gasteiger partial charge < -0.3 is 9.80 Å². The number of rotatable bonds is 2. The average molecular weight is 383 g/mol. The largest absolute Gasteiger partial charge is 0.433 e. The summed E-state index contributed by atoms with van der Waals surface area (Å²) in [6.07, 6.45) is 0.295. The fourth-order valence-electron chi connectivity index (χ4n) is 4.13. The predicted molar refractivity (Wildman–Crippen MR) is 92.8 cm³/mol.